The van der Waals surface area contributed by atoms with Crippen molar-refractivity contribution in [2.24, 2.45) is 5.92 Å². The average Bonchev–Trinajstić information content (AvgIpc) is 3.24. The monoisotopic (exact) mass is 349 g/mol. The van der Waals surface area contributed by atoms with Crippen molar-refractivity contribution in [2.45, 2.75) is 44.8 Å². The molecule has 26 heavy (non-hydrogen) atoms. The number of nitrogens with zero attached hydrogens (tertiary/aromatic N) is 3. The zero-order valence-electron chi connectivity index (χ0n) is 15.6. The Morgan fingerprint density at radius 1 is 1.27 bits per heavy atom. The largest absolute Gasteiger partial charge is 0.341 e. The number of aryl methyl sites for hydroxylation is 1. The molecular weight excluding hydrogens is 322 g/mol. The normalized spacial score (nSPS) is 25.2. The molecule has 136 valence electrons. The summed E-state index contributed by atoms with van der Waals surface area (Å²) in [7, 11) is 1.94. The predicted octanol–water partition coefficient (Wildman–Crippen LogP) is 3.57. The minimum atomic E-state index is 0.107. The quantitative estimate of drug-likeness (QED) is 0.847. The van der Waals surface area contributed by atoms with Crippen molar-refractivity contribution < 1.29 is 4.79 Å². The van der Waals surface area contributed by atoms with Gasteiger partial charge in [0.15, 0.2) is 0 Å². The molecule has 2 aliphatic rings. The second-order valence-corrected chi connectivity index (χ2v) is 7.72. The van der Waals surface area contributed by atoms with Crippen LogP contribution in [0.3, 0.4) is 0 Å². The molecule has 0 spiro atoms. The van der Waals surface area contributed by atoms with E-state index in [9.17, 15) is 4.79 Å². The molecule has 0 radical (unpaired) electrons. The third-order valence-electron chi connectivity index (χ3n) is 5.94. The van der Waals surface area contributed by atoms with Crippen LogP contribution in [0.1, 0.15) is 42.1 Å². The van der Waals surface area contributed by atoms with E-state index in [1.165, 1.54) is 12.0 Å². The van der Waals surface area contributed by atoms with Crippen LogP contribution in [0, 0.1) is 12.8 Å². The molecule has 4 rings (SSSR count). The topological polar surface area (TPSA) is 36.4 Å². The van der Waals surface area contributed by atoms with Crippen molar-refractivity contribution in [1.82, 2.24) is 14.8 Å². The van der Waals surface area contributed by atoms with Gasteiger partial charge >= 0.3 is 0 Å². The summed E-state index contributed by atoms with van der Waals surface area (Å²) >= 11 is 0. The standard InChI is InChI=1S/C22H27N3O/c1-16-13-17(10-11-23-16)15-24(2)22(26)19-14-21(18-7-4-3-5-8-18)25-12-6-9-20(19)25/h3-5,7-8,10-11,13,19-21H,6,9,12,14-15H2,1-2H3/t19-,20+,21-/m0/s1. The van der Waals surface area contributed by atoms with Gasteiger partial charge in [-0.1, -0.05) is 30.3 Å². The summed E-state index contributed by atoms with van der Waals surface area (Å²) in [5.41, 5.74) is 3.49. The van der Waals surface area contributed by atoms with Crippen LogP contribution in [0.15, 0.2) is 48.7 Å². The molecular formula is C22H27N3O. The molecule has 0 N–H and O–H groups in total. The van der Waals surface area contributed by atoms with E-state index >= 15 is 0 Å². The lowest BCUT2D eigenvalue weighted by atomic mass is 9.93. The van der Waals surface area contributed by atoms with Crippen LogP contribution in [-0.2, 0) is 11.3 Å². The Balaban J connectivity index is 1.50. The predicted molar refractivity (Wildman–Crippen MR) is 102 cm³/mol. The number of carbonyl (C=O) groups is 1. The molecule has 4 heteroatoms. The van der Waals surface area contributed by atoms with E-state index < -0.39 is 0 Å². The lowest BCUT2D eigenvalue weighted by molar-refractivity contribution is -0.135. The van der Waals surface area contributed by atoms with Crippen LogP contribution < -0.4 is 0 Å². The summed E-state index contributed by atoms with van der Waals surface area (Å²) in [6.07, 6.45) is 5.10. The second kappa shape index (κ2) is 7.20. The third kappa shape index (κ3) is 3.26. The molecule has 2 fully saturated rings. The molecule has 3 heterocycles. The molecule has 4 nitrogen and oxygen atoms in total. The lowest BCUT2D eigenvalue weighted by Crippen LogP contribution is -2.38. The lowest BCUT2D eigenvalue weighted by Gasteiger charge is -2.26. The maximum absolute atomic E-state index is 13.2. The van der Waals surface area contributed by atoms with E-state index in [2.05, 4.69) is 46.3 Å². The molecule has 2 saturated heterocycles. The summed E-state index contributed by atoms with van der Waals surface area (Å²) < 4.78 is 0. The number of benzene rings is 1. The molecule has 1 aromatic carbocycles. The van der Waals surface area contributed by atoms with Gasteiger partial charge in [-0.05, 0) is 56.0 Å². The number of hydrogen-bond donors (Lipinski definition) is 0. The Bertz CT molecular complexity index is 776. The first-order chi connectivity index (χ1) is 12.6. The van der Waals surface area contributed by atoms with Crippen molar-refractivity contribution >= 4 is 5.91 Å². The fourth-order valence-electron chi connectivity index (χ4n) is 4.77. The highest BCUT2D eigenvalue weighted by Crippen LogP contribution is 2.45. The summed E-state index contributed by atoms with van der Waals surface area (Å²) in [4.78, 5) is 22.0. The zero-order valence-corrected chi connectivity index (χ0v) is 15.6. The Labute approximate surface area is 155 Å². The first-order valence-electron chi connectivity index (χ1n) is 9.60. The third-order valence-corrected chi connectivity index (χ3v) is 5.94. The Morgan fingerprint density at radius 3 is 2.85 bits per heavy atom. The molecule has 0 aliphatic carbocycles. The Kier molecular flexibility index (Phi) is 4.77. The highest BCUT2D eigenvalue weighted by atomic mass is 16.2. The van der Waals surface area contributed by atoms with E-state index in [4.69, 9.17) is 0 Å². The van der Waals surface area contributed by atoms with Crippen molar-refractivity contribution in [3.05, 3.63) is 65.5 Å². The van der Waals surface area contributed by atoms with Crippen LogP contribution >= 0.6 is 0 Å². The van der Waals surface area contributed by atoms with Gasteiger partial charge in [0.05, 0.1) is 5.92 Å². The van der Waals surface area contributed by atoms with Crippen LogP contribution in [-0.4, -0.2) is 40.3 Å². The fraction of sp³-hybridized carbons (Fsp3) is 0.455. The van der Waals surface area contributed by atoms with Gasteiger partial charge in [-0.15, -0.1) is 0 Å². The minimum absolute atomic E-state index is 0.107. The number of pyridine rings is 1. The van der Waals surface area contributed by atoms with Crippen LogP contribution in [0.2, 0.25) is 0 Å². The molecule has 1 amide bonds. The zero-order chi connectivity index (χ0) is 18.1. The molecule has 0 unspecified atom stereocenters. The Hall–Kier alpha value is -2.20. The van der Waals surface area contributed by atoms with E-state index in [-0.39, 0.29) is 11.8 Å². The van der Waals surface area contributed by atoms with Crippen LogP contribution in [0.25, 0.3) is 0 Å². The van der Waals surface area contributed by atoms with Gasteiger partial charge in [-0.25, -0.2) is 0 Å². The summed E-state index contributed by atoms with van der Waals surface area (Å²) in [5.74, 6) is 0.394. The van der Waals surface area contributed by atoms with E-state index in [0.29, 0.717) is 18.6 Å². The van der Waals surface area contributed by atoms with Crippen molar-refractivity contribution in [3.63, 3.8) is 0 Å². The van der Waals surface area contributed by atoms with Crippen LogP contribution in [0.5, 0.6) is 0 Å². The van der Waals surface area contributed by atoms with E-state index in [1.54, 1.807) is 0 Å². The van der Waals surface area contributed by atoms with E-state index in [0.717, 1.165) is 30.6 Å². The maximum Gasteiger partial charge on any atom is 0.227 e. The van der Waals surface area contributed by atoms with Gasteiger partial charge in [0.25, 0.3) is 0 Å². The number of amides is 1. The number of rotatable bonds is 4. The van der Waals surface area contributed by atoms with Crippen LogP contribution in [0.4, 0.5) is 0 Å². The maximum atomic E-state index is 13.2. The summed E-state index contributed by atoms with van der Waals surface area (Å²) in [5, 5.41) is 0. The Morgan fingerprint density at radius 2 is 2.08 bits per heavy atom. The number of fused-ring (bicyclic) bond motifs is 1. The van der Waals surface area contributed by atoms with Gasteiger partial charge in [-0.2, -0.15) is 0 Å². The number of hydrogen-bond acceptors (Lipinski definition) is 3. The van der Waals surface area contributed by atoms with Gasteiger partial charge in [0, 0.05) is 37.6 Å². The molecule has 1 aromatic heterocycles. The molecule has 2 aromatic rings. The summed E-state index contributed by atoms with van der Waals surface area (Å²) in [6, 6.07) is 15.5. The SMILES string of the molecule is Cc1cc(CN(C)C(=O)[C@H]2C[C@@H](c3ccccc3)N3CCC[C@H]23)ccn1. The molecule has 0 saturated carbocycles. The van der Waals surface area contributed by atoms with Gasteiger partial charge in [0.1, 0.15) is 0 Å². The first-order valence-corrected chi connectivity index (χ1v) is 9.60. The van der Waals surface area contributed by atoms with Crippen molar-refractivity contribution in [2.75, 3.05) is 13.6 Å². The van der Waals surface area contributed by atoms with Crippen molar-refractivity contribution in [1.29, 1.82) is 0 Å². The second-order valence-electron chi connectivity index (χ2n) is 7.72. The molecule has 3 atom stereocenters. The number of aromatic nitrogens is 1. The van der Waals surface area contributed by atoms with Crippen molar-refractivity contribution in [3.8, 4) is 0 Å². The molecule has 2 aliphatic heterocycles. The van der Waals surface area contributed by atoms with Gasteiger partial charge in [-0.3, -0.25) is 14.7 Å². The van der Waals surface area contributed by atoms with E-state index in [1.807, 2.05) is 31.1 Å². The van der Waals surface area contributed by atoms with Gasteiger partial charge in [0.2, 0.25) is 5.91 Å². The first kappa shape index (κ1) is 17.2. The smallest absolute Gasteiger partial charge is 0.227 e. The minimum Gasteiger partial charge on any atom is -0.341 e. The van der Waals surface area contributed by atoms with Gasteiger partial charge < -0.3 is 4.90 Å². The highest BCUT2D eigenvalue weighted by molar-refractivity contribution is 5.80. The fourth-order valence-corrected chi connectivity index (χ4v) is 4.77. The highest BCUT2D eigenvalue weighted by Gasteiger charge is 2.47. The number of carbonyl (C=O) groups excluding carboxylic acids is 1. The summed E-state index contributed by atoms with van der Waals surface area (Å²) in [6.45, 7) is 3.76. The molecule has 0 bridgehead atoms. The average molecular weight is 349 g/mol.